The molecule has 0 aromatic heterocycles. The zero-order valence-electron chi connectivity index (χ0n) is 12.5. The third kappa shape index (κ3) is 2.32. The van der Waals surface area contributed by atoms with E-state index < -0.39 is 0 Å². The van der Waals surface area contributed by atoms with Crippen molar-refractivity contribution in [3.8, 4) is 5.75 Å². The topological polar surface area (TPSA) is 54.4 Å². The zero-order chi connectivity index (χ0) is 16.7. The molecule has 0 aliphatic heterocycles. The molecule has 1 aliphatic carbocycles. The van der Waals surface area contributed by atoms with Crippen molar-refractivity contribution < 1.29 is 14.7 Å². The molecule has 4 rings (SSSR count). The molecule has 24 heavy (non-hydrogen) atoms. The van der Waals surface area contributed by atoms with Crippen LogP contribution in [0.4, 0.5) is 0 Å². The first-order valence-electron chi connectivity index (χ1n) is 7.43. The molecule has 1 N–H and O–H groups in total. The maximum absolute atomic E-state index is 12.9. The second-order valence-corrected chi connectivity index (χ2v) is 6.59. The summed E-state index contributed by atoms with van der Waals surface area (Å²) in [7, 11) is 0. The molecule has 116 valence electrons. The summed E-state index contributed by atoms with van der Waals surface area (Å²) in [6.07, 6.45) is 0. The summed E-state index contributed by atoms with van der Waals surface area (Å²) in [4.78, 5) is 27.3. The highest BCUT2D eigenvalue weighted by atomic mass is 32.2. The average molecular weight is 332 g/mol. The fraction of sp³-hybridized carbons (Fsp3) is 0. The number of fused-ring (bicyclic) bond motifs is 2. The van der Waals surface area contributed by atoms with Crippen molar-refractivity contribution in [1.82, 2.24) is 0 Å². The highest BCUT2D eigenvalue weighted by Crippen LogP contribution is 2.37. The molecule has 0 bridgehead atoms. The Labute approximate surface area is 143 Å². The first-order valence-corrected chi connectivity index (χ1v) is 8.25. The molecular formula is C20H12O3S. The van der Waals surface area contributed by atoms with E-state index >= 15 is 0 Å². The smallest absolute Gasteiger partial charge is 0.195 e. The minimum absolute atomic E-state index is 0.117. The summed E-state index contributed by atoms with van der Waals surface area (Å²) in [6.45, 7) is 0. The molecule has 3 nitrogen and oxygen atoms in total. The molecular weight excluding hydrogens is 320 g/mol. The maximum Gasteiger partial charge on any atom is 0.195 e. The van der Waals surface area contributed by atoms with Crippen molar-refractivity contribution in [3.63, 3.8) is 0 Å². The van der Waals surface area contributed by atoms with E-state index in [-0.39, 0.29) is 17.3 Å². The molecule has 4 heteroatoms. The van der Waals surface area contributed by atoms with Gasteiger partial charge in [0.15, 0.2) is 11.6 Å². The van der Waals surface area contributed by atoms with Crippen LogP contribution in [0, 0.1) is 0 Å². The fourth-order valence-electron chi connectivity index (χ4n) is 2.84. The van der Waals surface area contributed by atoms with Gasteiger partial charge in [0.05, 0.1) is 0 Å². The van der Waals surface area contributed by atoms with E-state index in [1.54, 1.807) is 60.7 Å². The number of rotatable bonds is 2. The number of aromatic hydroxyl groups is 1. The van der Waals surface area contributed by atoms with Crippen molar-refractivity contribution in [3.05, 3.63) is 89.0 Å². The Morgan fingerprint density at radius 3 is 2.00 bits per heavy atom. The molecule has 0 fully saturated rings. The highest BCUT2D eigenvalue weighted by Gasteiger charge is 2.31. The Morgan fingerprint density at radius 1 is 0.667 bits per heavy atom. The van der Waals surface area contributed by atoms with Crippen LogP contribution in [0.15, 0.2) is 76.5 Å². The van der Waals surface area contributed by atoms with Crippen LogP contribution in [0.2, 0.25) is 0 Å². The van der Waals surface area contributed by atoms with Crippen molar-refractivity contribution in [2.45, 2.75) is 9.79 Å². The van der Waals surface area contributed by atoms with Crippen LogP contribution in [0.25, 0.3) is 0 Å². The largest absolute Gasteiger partial charge is 0.508 e. The van der Waals surface area contributed by atoms with Crippen LogP contribution >= 0.6 is 11.8 Å². The van der Waals surface area contributed by atoms with Crippen molar-refractivity contribution in [2.75, 3.05) is 0 Å². The summed E-state index contributed by atoms with van der Waals surface area (Å²) >= 11 is 1.41. The van der Waals surface area contributed by atoms with Crippen molar-refractivity contribution in [1.29, 1.82) is 0 Å². The Balaban J connectivity index is 1.83. The standard InChI is InChI=1S/C20H12O3S/c21-12-8-10-13(11-9-12)24-17-7-3-6-16-18(17)20(23)15-5-2-1-4-14(15)19(16)22/h1-11,21H. The predicted octanol–water partition coefficient (Wildman–Crippen LogP) is 4.32. The summed E-state index contributed by atoms with van der Waals surface area (Å²) in [5, 5.41) is 9.39. The average Bonchev–Trinajstić information content (AvgIpc) is 2.61. The number of phenolic OH excluding ortho intramolecular Hbond substituents is 1. The van der Waals surface area contributed by atoms with Crippen LogP contribution < -0.4 is 0 Å². The number of phenols is 1. The number of hydrogen-bond acceptors (Lipinski definition) is 4. The number of benzene rings is 3. The molecule has 0 amide bonds. The fourth-order valence-corrected chi connectivity index (χ4v) is 3.82. The SMILES string of the molecule is O=C1c2ccccc2C(=O)c2c(Sc3ccc(O)cc3)cccc21. The maximum atomic E-state index is 12.9. The minimum Gasteiger partial charge on any atom is -0.508 e. The number of carbonyl (C=O) groups is 2. The lowest BCUT2D eigenvalue weighted by molar-refractivity contribution is 0.0977. The first-order chi connectivity index (χ1) is 11.6. The van der Waals surface area contributed by atoms with Gasteiger partial charge in [-0.05, 0) is 30.3 Å². The van der Waals surface area contributed by atoms with Crippen molar-refractivity contribution >= 4 is 23.3 Å². The summed E-state index contributed by atoms with van der Waals surface area (Å²) in [5.74, 6) is -0.0509. The molecule has 0 saturated carbocycles. The second-order valence-electron chi connectivity index (χ2n) is 5.48. The van der Waals surface area contributed by atoms with E-state index in [1.165, 1.54) is 11.8 Å². The third-order valence-corrected chi connectivity index (χ3v) is 5.05. The minimum atomic E-state index is -0.123. The van der Waals surface area contributed by atoms with Gasteiger partial charge in [-0.1, -0.05) is 48.2 Å². The van der Waals surface area contributed by atoms with Gasteiger partial charge in [-0.15, -0.1) is 0 Å². The Kier molecular flexibility index (Phi) is 3.47. The van der Waals surface area contributed by atoms with E-state index in [4.69, 9.17) is 0 Å². The van der Waals surface area contributed by atoms with E-state index in [1.807, 2.05) is 6.07 Å². The van der Waals surface area contributed by atoms with Gasteiger partial charge in [-0.2, -0.15) is 0 Å². The Morgan fingerprint density at radius 2 is 1.29 bits per heavy atom. The zero-order valence-corrected chi connectivity index (χ0v) is 13.3. The summed E-state index contributed by atoms with van der Waals surface area (Å²) in [6, 6.07) is 19.0. The Hall–Kier alpha value is -2.85. The van der Waals surface area contributed by atoms with Crippen LogP contribution in [-0.2, 0) is 0 Å². The molecule has 0 heterocycles. The van der Waals surface area contributed by atoms with E-state index in [2.05, 4.69) is 0 Å². The van der Waals surface area contributed by atoms with Gasteiger partial charge < -0.3 is 5.11 Å². The van der Waals surface area contributed by atoms with Crippen LogP contribution in [0.5, 0.6) is 5.75 Å². The lowest BCUT2D eigenvalue weighted by Gasteiger charge is -2.19. The summed E-state index contributed by atoms with van der Waals surface area (Å²) in [5.41, 5.74) is 1.82. The van der Waals surface area contributed by atoms with Crippen LogP contribution in [0.1, 0.15) is 31.8 Å². The van der Waals surface area contributed by atoms with Crippen molar-refractivity contribution in [2.24, 2.45) is 0 Å². The van der Waals surface area contributed by atoms with Gasteiger partial charge in [-0.3, -0.25) is 9.59 Å². The Bertz CT molecular complexity index is 974. The van der Waals surface area contributed by atoms with Gasteiger partial charge in [0, 0.05) is 32.0 Å². The molecule has 3 aromatic carbocycles. The van der Waals surface area contributed by atoms with E-state index in [0.717, 1.165) is 9.79 Å². The number of hydrogen-bond donors (Lipinski definition) is 1. The van der Waals surface area contributed by atoms with Gasteiger partial charge in [0.2, 0.25) is 0 Å². The molecule has 0 radical (unpaired) electrons. The summed E-state index contributed by atoms with van der Waals surface area (Å²) < 4.78 is 0. The predicted molar refractivity (Wildman–Crippen MR) is 92.0 cm³/mol. The molecule has 0 saturated heterocycles. The molecule has 3 aromatic rings. The number of ketones is 2. The van der Waals surface area contributed by atoms with Gasteiger partial charge in [-0.25, -0.2) is 0 Å². The van der Waals surface area contributed by atoms with Gasteiger partial charge in [0.1, 0.15) is 5.75 Å². The van der Waals surface area contributed by atoms with Crippen LogP contribution in [-0.4, -0.2) is 16.7 Å². The third-order valence-electron chi connectivity index (χ3n) is 3.98. The van der Waals surface area contributed by atoms with Gasteiger partial charge >= 0.3 is 0 Å². The first kappa shape index (κ1) is 14.7. The monoisotopic (exact) mass is 332 g/mol. The second kappa shape index (κ2) is 5.65. The molecule has 0 spiro atoms. The lowest BCUT2D eigenvalue weighted by atomic mass is 9.84. The quantitative estimate of drug-likeness (QED) is 0.594. The van der Waals surface area contributed by atoms with E-state index in [0.29, 0.717) is 22.3 Å². The van der Waals surface area contributed by atoms with Crippen LogP contribution in [0.3, 0.4) is 0 Å². The molecule has 0 atom stereocenters. The number of carbonyl (C=O) groups excluding carboxylic acids is 2. The molecule has 0 unspecified atom stereocenters. The van der Waals surface area contributed by atoms with E-state index in [9.17, 15) is 14.7 Å². The van der Waals surface area contributed by atoms with Gasteiger partial charge in [0.25, 0.3) is 0 Å². The lowest BCUT2D eigenvalue weighted by Crippen LogP contribution is -2.21. The highest BCUT2D eigenvalue weighted by molar-refractivity contribution is 7.99. The normalized spacial score (nSPS) is 12.7. The molecule has 1 aliphatic rings.